The van der Waals surface area contributed by atoms with Gasteiger partial charge in [-0.15, -0.1) is 0 Å². The van der Waals surface area contributed by atoms with E-state index in [9.17, 15) is 25.2 Å². The molecule has 0 fully saturated rings. The number of carbonyl (C=O) groups excluding carboxylic acids is 1. The van der Waals surface area contributed by atoms with Crippen molar-refractivity contribution in [1.82, 2.24) is 5.32 Å². The fourth-order valence-corrected chi connectivity index (χ4v) is 6.52. The highest BCUT2D eigenvalue weighted by atomic mass is 16.3. The minimum atomic E-state index is -1.25. The molecule has 0 saturated heterocycles. The molecule has 4 atom stereocenters. The molecule has 0 aliphatic carbocycles. The Balaban J connectivity index is 3.66. The van der Waals surface area contributed by atoms with Crippen LogP contribution in [0, 0.1) is 0 Å². The first kappa shape index (κ1) is 45.3. The lowest BCUT2D eigenvalue weighted by Gasteiger charge is -2.27. The Bertz CT molecular complexity index is 618. The van der Waals surface area contributed by atoms with E-state index in [4.69, 9.17) is 0 Å². The Hall–Kier alpha value is -0.690. The maximum absolute atomic E-state index is 12.4. The summed E-state index contributed by atoms with van der Waals surface area (Å²) in [5.74, 6) is -0.584. The van der Waals surface area contributed by atoms with Crippen molar-refractivity contribution in [2.75, 3.05) is 6.61 Å². The van der Waals surface area contributed by atoms with Crippen LogP contribution in [-0.2, 0) is 4.79 Å². The standard InChI is InChI=1S/C40H81NO5/c1-3-5-7-9-11-13-14-15-16-17-18-19-20-21-22-23-24-26-27-29-31-33-37(43)39(45)36(35-42)41-40(46)38(44)34-32-30-28-25-12-10-8-6-4-2/h36-39,42-45H,3-35H2,1-2H3,(H,41,46). The monoisotopic (exact) mass is 656 g/mol. The van der Waals surface area contributed by atoms with Gasteiger partial charge in [0.25, 0.3) is 0 Å². The summed E-state index contributed by atoms with van der Waals surface area (Å²) in [7, 11) is 0. The molecule has 0 rings (SSSR count). The molecular weight excluding hydrogens is 574 g/mol. The molecule has 0 bridgehead atoms. The molecule has 276 valence electrons. The van der Waals surface area contributed by atoms with Crippen LogP contribution in [0.15, 0.2) is 0 Å². The first-order chi connectivity index (χ1) is 22.5. The minimum absolute atomic E-state index is 0.373. The van der Waals surface area contributed by atoms with Gasteiger partial charge in [-0.25, -0.2) is 0 Å². The molecule has 6 nitrogen and oxygen atoms in total. The van der Waals surface area contributed by atoms with Crippen molar-refractivity contribution in [2.45, 2.75) is 244 Å². The van der Waals surface area contributed by atoms with Gasteiger partial charge in [0.15, 0.2) is 0 Å². The van der Waals surface area contributed by atoms with Gasteiger partial charge in [0.05, 0.1) is 18.8 Å². The van der Waals surface area contributed by atoms with Crippen molar-refractivity contribution in [3.05, 3.63) is 0 Å². The van der Waals surface area contributed by atoms with E-state index < -0.39 is 36.9 Å². The van der Waals surface area contributed by atoms with E-state index >= 15 is 0 Å². The van der Waals surface area contributed by atoms with Crippen molar-refractivity contribution in [1.29, 1.82) is 0 Å². The summed E-state index contributed by atoms with van der Waals surface area (Å²) in [6, 6.07) is -0.977. The molecule has 46 heavy (non-hydrogen) atoms. The molecule has 0 heterocycles. The van der Waals surface area contributed by atoms with Crippen LogP contribution in [-0.4, -0.2) is 57.3 Å². The number of unbranched alkanes of at least 4 members (excludes halogenated alkanes) is 28. The van der Waals surface area contributed by atoms with Crippen LogP contribution in [0.25, 0.3) is 0 Å². The number of carbonyl (C=O) groups is 1. The second kappa shape index (κ2) is 35.6. The minimum Gasteiger partial charge on any atom is -0.394 e. The zero-order valence-electron chi connectivity index (χ0n) is 30.8. The molecule has 0 aliphatic heterocycles. The number of rotatable bonds is 37. The summed E-state index contributed by atoms with van der Waals surface area (Å²) < 4.78 is 0. The van der Waals surface area contributed by atoms with Gasteiger partial charge in [-0.05, 0) is 12.8 Å². The Kier molecular flexibility index (Phi) is 35.1. The number of hydrogen-bond donors (Lipinski definition) is 5. The van der Waals surface area contributed by atoms with E-state index in [1.807, 2.05) is 0 Å². The van der Waals surface area contributed by atoms with Gasteiger partial charge in [-0.2, -0.15) is 0 Å². The van der Waals surface area contributed by atoms with Crippen molar-refractivity contribution < 1.29 is 25.2 Å². The van der Waals surface area contributed by atoms with E-state index in [0.717, 1.165) is 38.5 Å². The van der Waals surface area contributed by atoms with Gasteiger partial charge in [-0.3, -0.25) is 4.79 Å². The molecule has 0 radical (unpaired) electrons. The van der Waals surface area contributed by atoms with Crippen LogP contribution in [0.3, 0.4) is 0 Å². The summed E-state index contributed by atoms with van der Waals surface area (Å²) in [4.78, 5) is 12.4. The van der Waals surface area contributed by atoms with Gasteiger partial charge < -0.3 is 25.7 Å². The Labute approximate surface area is 286 Å². The van der Waals surface area contributed by atoms with E-state index in [0.29, 0.717) is 12.8 Å². The lowest BCUT2D eigenvalue weighted by atomic mass is 9.99. The number of aliphatic hydroxyl groups excluding tert-OH is 4. The predicted octanol–water partition coefficient (Wildman–Crippen LogP) is 10.1. The summed E-state index contributed by atoms with van der Waals surface area (Å²) in [6.07, 6.45) is 35.7. The van der Waals surface area contributed by atoms with E-state index in [1.54, 1.807) is 0 Å². The number of hydrogen-bond acceptors (Lipinski definition) is 5. The molecule has 0 aromatic heterocycles. The van der Waals surface area contributed by atoms with Crippen molar-refractivity contribution in [2.24, 2.45) is 0 Å². The maximum atomic E-state index is 12.4. The van der Waals surface area contributed by atoms with Gasteiger partial charge in [0.1, 0.15) is 12.2 Å². The molecule has 4 unspecified atom stereocenters. The SMILES string of the molecule is CCCCCCCCCCCCCCCCCCCCCCCC(O)C(O)C(CO)NC(=O)C(O)CCCCCCCCCCC. The molecular formula is C40H81NO5. The molecule has 0 aromatic rings. The maximum Gasteiger partial charge on any atom is 0.249 e. The van der Waals surface area contributed by atoms with Crippen molar-refractivity contribution >= 4 is 5.91 Å². The van der Waals surface area contributed by atoms with Crippen molar-refractivity contribution in [3.8, 4) is 0 Å². The third-order valence-electron chi connectivity index (χ3n) is 9.82. The zero-order valence-corrected chi connectivity index (χ0v) is 30.8. The summed E-state index contributed by atoms with van der Waals surface area (Å²) in [6.45, 7) is 4.02. The molecule has 1 amide bonds. The zero-order chi connectivity index (χ0) is 33.9. The van der Waals surface area contributed by atoms with E-state index in [-0.39, 0.29) is 0 Å². The lowest BCUT2D eigenvalue weighted by molar-refractivity contribution is -0.132. The predicted molar refractivity (Wildman–Crippen MR) is 196 cm³/mol. The number of amides is 1. The summed E-state index contributed by atoms with van der Waals surface area (Å²) >= 11 is 0. The van der Waals surface area contributed by atoms with Gasteiger partial charge in [0.2, 0.25) is 5.91 Å². The molecule has 0 aliphatic rings. The molecule has 0 aromatic carbocycles. The summed E-state index contributed by atoms with van der Waals surface area (Å²) in [5, 5.41) is 43.4. The normalized spacial score (nSPS) is 14.3. The highest BCUT2D eigenvalue weighted by molar-refractivity contribution is 5.80. The third-order valence-corrected chi connectivity index (χ3v) is 9.82. The lowest BCUT2D eigenvalue weighted by Crippen LogP contribution is -2.53. The molecule has 0 spiro atoms. The van der Waals surface area contributed by atoms with Gasteiger partial charge in [-0.1, -0.05) is 206 Å². The van der Waals surface area contributed by atoms with Crippen molar-refractivity contribution in [3.63, 3.8) is 0 Å². The first-order valence-electron chi connectivity index (χ1n) is 20.4. The van der Waals surface area contributed by atoms with E-state index in [1.165, 1.54) is 154 Å². The highest BCUT2D eigenvalue weighted by Crippen LogP contribution is 2.17. The first-order valence-corrected chi connectivity index (χ1v) is 20.4. The van der Waals surface area contributed by atoms with Gasteiger partial charge in [0, 0.05) is 0 Å². The van der Waals surface area contributed by atoms with Crippen LogP contribution in [0.1, 0.15) is 219 Å². The highest BCUT2D eigenvalue weighted by Gasteiger charge is 2.28. The van der Waals surface area contributed by atoms with E-state index in [2.05, 4.69) is 19.2 Å². The smallest absolute Gasteiger partial charge is 0.249 e. The largest absolute Gasteiger partial charge is 0.394 e. The average molecular weight is 656 g/mol. The molecule has 5 N–H and O–H groups in total. The van der Waals surface area contributed by atoms with Crippen LogP contribution >= 0.6 is 0 Å². The third kappa shape index (κ3) is 29.4. The summed E-state index contributed by atoms with van der Waals surface area (Å²) in [5.41, 5.74) is 0. The number of aliphatic hydroxyl groups is 4. The van der Waals surface area contributed by atoms with Crippen LogP contribution in [0.4, 0.5) is 0 Å². The Morgan fingerprint density at radius 3 is 1.04 bits per heavy atom. The Morgan fingerprint density at radius 1 is 0.457 bits per heavy atom. The second-order valence-electron chi connectivity index (χ2n) is 14.3. The quantitative estimate of drug-likeness (QED) is 0.0428. The topological polar surface area (TPSA) is 110 Å². The molecule has 6 heteroatoms. The second-order valence-corrected chi connectivity index (χ2v) is 14.3. The van der Waals surface area contributed by atoms with Crippen LogP contribution in [0.5, 0.6) is 0 Å². The van der Waals surface area contributed by atoms with Crippen LogP contribution < -0.4 is 5.32 Å². The Morgan fingerprint density at radius 2 is 0.739 bits per heavy atom. The molecule has 0 saturated carbocycles. The fraction of sp³-hybridized carbons (Fsp3) is 0.975. The van der Waals surface area contributed by atoms with Gasteiger partial charge >= 0.3 is 0 Å². The number of nitrogens with one attached hydrogen (secondary N) is 1. The average Bonchev–Trinajstić information content (AvgIpc) is 3.06. The van der Waals surface area contributed by atoms with Crippen LogP contribution in [0.2, 0.25) is 0 Å². The fourth-order valence-electron chi connectivity index (χ4n) is 6.52.